The zero-order chi connectivity index (χ0) is 16.8. The summed E-state index contributed by atoms with van der Waals surface area (Å²) >= 11 is 0. The van der Waals surface area contributed by atoms with Gasteiger partial charge in [0.1, 0.15) is 0 Å². The predicted octanol–water partition coefficient (Wildman–Crippen LogP) is 5.31. The largest absolute Gasteiger partial charge is 0.378 e. The van der Waals surface area contributed by atoms with Gasteiger partial charge in [-0.05, 0) is 73.6 Å². The third-order valence-corrected chi connectivity index (χ3v) is 5.54. The fourth-order valence-electron chi connectivity index (χ4n) is 4.63. The minimum absolute atomic E-state index is 0.325. The lowest BCUT2D eigenvalue weighted by atomic mass is 9.75. The number of anilines is 1. The third-order valence-electron chi connectivity index (χ3n) is 5.54. The van der Waals surface area contributed by atoms with Gasteiger partial charge in [0.15, 0.2) is 0 Å². The van der Waals surface area contributed by atoms with Gasteiger partial charge in [0.25, 0.3) is 0 Å². The number of nitriles is 1. The molecule has 0 spiro atoms. The van der Waals surface area contributed by atoms with Crippen molar-refractivity contribution in [1.82, 2.24) is 0 Å². The number of nitrogens with zero attached hydrogens (tertiary/aromatic N) is 1. The Labute approximate surface area is 143 Å². The van der Waals surface area contributed by atoms with Crippen LogP contribution in [-0.2, 0) is 0 Å². The molecule has 1 N–H and O–H groups in total. The summed E-state index contributed by atoms with van der Waals surface area (Å²) in [6.07, 6.45) is 5.72. The number of benzene rings is 2. The molecule has 0 bridgehead atoms. The van der Waals surface area contributed by atoms with Gasteiger partial charge in [-0.1, -0.05) is 29.8 Å². The Morgan fingerprint density at radius 2 is 1.83 bits per heavy atom. The van der Waals surface area contributed by atoms with Crippen molar-refractivity contribution in [2.75, 3.05) is 5.32 Å². The normalized spacial score (nSPS) is 24.0. The van der Waals surface area contributed by atoms with E-state index < -0.39 is 0 Å². The summed E-state index contributed by atoms with van der Waals surface area (Å²) in [5, 5.41) is 13.0. The monoisotopic (exact) mass is 314 g/mol. The van der Waals surface area contributed by atoms with Gasteiger partial charge in [-0.15, -0.1) is 0 Å². The van der Waals surface area contributed by atoms with E-state index in [1.54, 1.807) is 0 Å². The molecule has 0 aromatic heterocycles. The van der Waals surface area contributed by atoms with Gasteiger partial charge in [-0.3, -0.25) is 0 Å². The molecule has 2 aromatic rings. The highest BCUT2D eigenvalue weighted by Gasteiger charge is 2.38. The first-order chi connectivity index (χ1) is 11.6. The Morgan fingerprint density at radius 3 is 2.54 bits per heavy atom. The Hall–Kier alpha value is -2.53. The molecule has 3 unspecified atom stereocenters. The fraction of sp³-hybridized carbons (Fsp3) is 0.318. The molecule has 120 valence electrons. The SMILES string of the molecule is Cc1cc(C)c(C2Nc3ccc(C#N)cc3C3C=CCC32)c(C)c1. The number of hydrogen-bond donors (Lipinski definition) is 1. The van der Waals surface area contributed by atoms with Gasteiger partial charge in [-0.25, -0.2) is 0 Å². The number of allylic oxidation sites excluding steroid dienone is 2. The van der Waals surface area contributed by atoms with E-state index in [0.29, 0.717) is 17.9 Å². The van der Waals surface area contributed by atoms with Gasteiger partial charge in [-0.2, -0.15) is 5.26 Å². The number of fused-ring (bicyclic) bond motifs is 3. The van der Waals surface area contributed by atoms with Gasteiger partial charge >= 0.3 is 0 Å². The third kappa shape index (κ3) is 2.24. The van der Waals surface area contributed by atoms with Crippen molar-refractivity contribution in [3.63, 3.8) is 0 Å². The Morgan fingerprint density at radius 1 is 1.08 bits per heavy atom. The predicted molar refractivity (Wildman–Crippen MR) is 98.2 cm³/mol. The van der Waals surface area contributed by atoms with E-state index in [-0.39, 0.29) is 0 Å². The molecule has 24 heavy (non-hydrogen) atoms. The smallest absolute Gasteiger partial charge is 0.0991 e. The van der Waals surface area contributed by atoms with Crippen molar-refractivity contribution in [2.45, 2.75) is 39.2 Å². The second kappa shape index (κ2) is 5.53. The van der Waals surface area contributed by atoms with Crippen LogP contribution in [0, 0.1) is 38.0 Å². The lowest BCUT2D eigenvalue weighted by Gasteiger charge is -2.39. The molecule has 1 aliphatic heterocycles. The Balaban J connectivity index is 1.84. The van der Waals surface area contributed by atoms with Crippen molar-refractivity contribution in [3.8, 4) is 6.07 Å². The highest BCUT2D eigenvalue weighted by Crippen LogP contribution is 2.50. The summed E-state index contributed by atoms with van der Waals surface area (Å²) in [5.41, 5.74) is 8.69. The van der Waals surface area contributed by atoms with Crippen molar-refractivity contribution >= 4 is 5.69 Å². The number of nitrogens with one attached hydrogen (secondary N) is 1. The maximum absolute atomic E-state index is 9.22. The molecule has 2 nitrogen and oxygen atoms in total. The molecule has 0 fully saturated rings. The summed E-state index contributed by atoms with van der Waals surface area (Å²) < 4.78 is 0. The molecule has 4 rings (SSSR count). The van der Waals surface area contributed by atoms with Gasteiger partial charge in [0.05, 0.1) is 17.7 Å². The first-order valence-electron chi connectivity index (χ1n) is 8.63. The van der Waals surface area contributed by atoms with Crippen LogP contribution in [0.2, 0.25) is 0 Å². The summed E-state index contributed by atoms with van der Waals surface area (Å²) in [7, 11) is 0. The molecule has 0 saturated carbocycles. The summed E-state index contributed by atoms with van der Waals surface area (Å²) in [5.74, 6) is 0.922. The zero-order valence-electron chi connectivity index (χ0n) is 14.4. The van der Waals surface area contributed by atoms with Crippen molar-refractivity contribution in [3.05, 3.63) is 75.9 Å². The molecule has 1 aliphatic carbocycles. The summed E-state index contributed by atoms with van der Waals surface area (Å²) in [6, 6.07) is 13.2. The molecule has 1 heterocycles. The molecular formula is C22H22N2. The second-order valence-electron chi connectivity index (χ2n) is 7.20. The van der Waals surface area contributed by atoms with Gasteiger partial charge in [0, 0.05) is 11.6 Å². The molecule has 0 radical (unpaired) electrons. The lowest BCUT2D eigenvalue weighted by molar-refractivity contribution is 0.423. The highest BCUT2D eigenvalue weighted by atomic mass is 15.0. The fourth-order valence-corrected chi connectivity index (χ4v) is 4.63. The minimum Gasteiger partial charge on any atom is -0.378 e. The lowest BCUT2D eigenvalue weighted by Crippen LogP contribution is -2.30. The first kappa shape index (κ1) is 15.0. The van der Waals surface area contributed by atoms with Crippen molar-refractivity contribution < 1.29 is 0 Å². The van der Waals surface area contributed by atoms with E-state index in [1.165, 1.54) is 33.5 Å². The van der Waals surface area contributed by atoms with E-state index in [4.69, 9.17) is 0 Å². The van der Waals surface area contributed by atoms with Crippen molar-refractivity contribution in [1.29, 1.82) is 5.26 Å². The Kier molecular flexibility index (Phi) is 3.46. The number of rotatable bonds is 1. The molecule has 3 atom stereocenters. The summed E-state index contributed by atoms with van der Waals surface area (Å²) in [4.78, 5) is 0. The quantitative estimate of drug-likeness (QED) is 0.724. The van der Waals surface area contributed by atoms with E-state index in [1.807, 2.05) is 6.07 Å². The van der Waals surface area contributed by atoms with Crippen LogP contribution < -0.4 is 5.32 Å². The summed E-state index contributed by atoms with van der Waals surface area (Å²) in [6.45, 7) is 6.61. The van der Waals surface area contributed by atoms with Crippen molar-refractivity contribution in [2.24, 2.45) is 5.92 Å². The van der Waals surface area contributed by atoms with Crippen LogP contribution in [-0.4, -0.2) is 0 Å². The maximum Gasteiger partial charge on any atom is 0.0991 e. The van der Waals surface area contributed by atoms with E-state index in [0.717, 1.165) is 12.0 Å². The molecule has 2 aromatic carbocycles. The molecule has 2 heteroatoms. The second-order valence-corrected chi connectivity index (χ2v) is 7.20. The maximum atomic E-state index is 9.22. The van der Waals surface area contributed by atoms with Crippen LogP contribution in [0.15, 0.2) is 42.5 Å². The van der Waals surface area contributed by atoms with Crippen LogP contribution in [0.5, 0.6) is 0 Å². The molecule has 0 amide bonds. The molecule has 0 saturated heterocycles. The van der Waals surface area contributed by atoms with Crippen LogP contribution in [0.1, 0.15) is 51.8 Å². The van der Waals surface area contributed by atoms with Gasteiger partial charge < -0.3 is 5.32 Å². The average Bonchev–Trinajstić information content (AvgIpc) is 3.03. The topological polar surface area (TPSA) is 35.8 Å². The van der Waals surface area contributed by atoms with E-state index >= 15 is 0 Å². The molecule has 2 aliphatic rings. The minimum atomic E-state index is 0.325. The van der Waals surface area contributed by atoms with Gasteiger partial charge in [0.2, 0.25) is 0 Å². The number of hydrogen-bond acceptors (Lipinski definition) is 2. The van der Waals surface area contributed by atoms with Crippen LogP contribution in [0.25, 0.3) is 0 Å². The number of aryl methyl sites for hydroxylation is 3. The average molecular weight is 314 g/mol. The first-order valence-corrected chi connectivity index (χ1v) is 8.63. The van der Waals surface area contributed by atoms with E-state index in [9.17, 15) is 5.26 Å². The van der Waals surface area contributed by atoms with Crippen LogP contribution >= 0.6 is 0 Å². The standard InChI is InChI=1S/C22H22N2/c1-13-9-14(2)21(15(3)10-13)22-18-6-4-5-17(18)19-11-16(12-23)7-8-20(19)24-22/h4-5,7-11,17-18,22,24H,6H2,1-3H3. The Bertz CT molecular complexity index is 862. The van der Waals surface area contributed by atoms with Crippen LogP contribution in [0.3, 0.4) is 0 Å². The highest BCUT2D eigenvalue weighted by molar-refractivity contribution is 5.62. The van der Waals surface area contributed by atoms with Crippen LogP contribution in [0.4, 0.5) is 5.69 Å². The zero-order valence-corrected chi connectivity index (χ0v) is 14.4. The molecular weight excluding hydrogens is 292 g/mol. The van der Waals surface area contributed by atoms with E-state index in [2.05, 4.69) is 68.6 Å².